The van der Waals surface area contributed by atoms with Crippen LogP contribution in [0.1, 0.15) is 5.56 Å². The van der Waals surface area contributed by atoms with Crippen LogP contribution in [0.15, 0.2) is 36.5 Å². The van der Waals surface area contributed by atoms with Gasteiger partial charge in [-0.05, 0) is 18.2 Å². The molecule has 6 nitrogen and oxygen atoms in total. The lowest BCUT2D eigenvalue weighted by atomic mass is 10.1. The summed E-state index contributed by atoms with van der Waals surface area (Å²) in [5.41, 5.74) is 1.83. The van der Waals surface area contributed by atoms with Crippen molar-refractivity contribution in [1.29, 1.82) is 0 Å². The first-order chi connectivity index (χ1) is 12.5. The summed E-state index contributed by atoms with van der Waals surface area (Å²) in [6.07, 6.45) is 1.70. The first-order valence-corrected chi connectivity index (χ1v) is 8.27. The predicted molar refractivity (Wildman–Crippen MR) is 92.5 cm³/mol. The van der Waals surface area contributed by atoms with Gasteiger partial charge in [0.2, 0.25) is 11.9 Å². The van der Waals surface area contributed by atoms with E-state index >= 15 is 0 Å². The number of rotatable bonds is 3. The standard InChI is InChI=1S/C18H17F2N5O/c1-23-17-15(3-2-6-21-17)22-18(23)25-8-7-24(16(26)11-25)10-12-4-5-13(19)9-14(12)20/h2-6,9H,7-8,10-11H2,1H3. The average Bonchev–Trinajstić information content (AvgIpc) is 2.96. The van der Waals surface area contributed by atoms with Crippen molar-refractivity contribution in [2.45, 2.75) is 6.54 Å². The maximum atomic E-state index is 13.8. The van der Waals surface area contributed by atoms with Crippen molar-refractivity contribution in [2.24, 2.45) is 7.05 Å². The van der Waals surface area contributed by atoms with E-state index in [4.69, 9.17) is 0 Å². The van der Waals surface area contributed by atoms with E-state index in [1.54, 1.807) is 11.1 Å². The Labute approximate surface area is 148 Å². The molecule has 1 aromatic carbocycles. The predicted octanol–water partition coefficient (Wildman–Crippen LogP) is 2.10. The monoisotopic (exact) mass is 357 g/mol. The Kier molecular flexibility index (Phi) is 4.02. The number of hydrogen-bond acceptors (Lipinski definition) is 4. The van der Waals surface area contributed by atoms with Gasteiger partial charge >= 0.3 is 0 Å². The fourth-order valence-corrected chi connectivity index (χ4v) is 3.20. The first kappa shape index (κ1) is 16.4. The largest absolute Gasteiger partial charge is 0.335 e. The van der Waals surface area contributed by atoms with Crippen molar-refractivity contribution in [3.63, 3.8) is 0 Å². The fraction of sp³-hybridized carbons (Fsp3) is 0.278. The van der Waals surface area contributed by atoms with Gasteiger partial charge in [-0.25, -0.2) is 18.7 Å². The van der Waals surface area contributed by atoms with Gasteiger partial charge in [0, 0.05) is 44.5 Å². The third-order valence-electron chi connectivity index (χ3n) is 4.58. The van der Waals surface area contributed by atoms with Crippen molar-refractivity contribution in [3.8, 4) is 0 Å². The van der Waals surface area contributed by atoms with E-state index in [1.165, 1.54) is 12.1 Å². The molecule has 134 valence electrons. The number of aromatic nitrogens is 3. The van der Waals surface area contributed by atoms with E-state index in [9.17, 15) is 13.6 Å². The van der Waals surface area contributed by atoms with Gasteiger partial charge in [-0.2, -0.15) is 0 Å². The Hall–Kier alpha value is -3.03. The second kappa shape index (κ2) is 6.36. The van der Waals surface area contributed by atoms with Gasteiger partial charge in [0.25, 0.3) is 0 Å². The molecule has 0 spiro atoms. The highest BCUT2D eigenvalue weighted by Crippen LogP contribution is 2.22. The maximum Gasteiger partial charge on any atom is 0.242 e. The van der Waals surface area contributed by atoms with Gasteiger partial charge in [0.1, 0.15) is 17.2 Å². The van der Waals surface area contributed by atoms with E-state index in [0.717, 1.165) is 17.2 Å². The molecule has 0 atom stereocenters. The van der Waals surface area contributed by atoms with Crippen LogP contribution in [-0.4, -0.2) is 45.0 Å². The minimum Gasteiger partial charge on any atom is -0.335 e. The van der Waals surface area contributed by atoms with Crippen molar-refractivity contribution in [2.75, 3.05) is 24.5 Å². The number of aryl methyl sites for hydroxylation is 1. The molecule has 1 aliphatic heterocycles. The van der Waals surface area contributed by atoms with Gasteiger partial charge in [0.05, 0.1) is 6.54 Å². The molecule has 0 radical (unpaired) electrons. The SMILES string of the molecule is Cn1c(N2CCN(Cc3ccc(F)cc3F)C(=O)C2)nc2cccnc21. The highest BCUT2D eigenvalue weighted by atomic mass is 19.1. The molecule has 0 saturated carbocycles. The minimum atomic E-state index is -0.637. The molecule has 1 amide bonds. The zero-order chi connectivity index (χ0) is 18.3. The van der Waals surface area contributed by atoms with E-state index in [1.807, 2.05) is 28.6 Å². The minimum absolute atomic E-state index is 0.125. The van der Waals surface area contributed by atoms with Crippen LogP contribution in [-0.2, 0) is 18.4 Å². The topological polar surface area (TPSA) is 54.3 Å². The van der Waals surface area contributed by atoms with Gasteiger partial charge in [0.15, 0.2) is 5.65 Å². The molecule has 4 rings (SSSR count). The van der Waals surface area contributed by atoms with Gasteiger partial charge < -0.3 is 9.80 Å². The average molecular weight is 357 g/mol. The van der Waals surface area contributed by atoms with E-state index < -0.39 is 11.6 Å². The molecule has 0 N–H and O–H groups in total. The van der Waals surface area contributed by atoms with Crippen molar-refractivity contribution in [1.82, 2.24) is 19.4 Å². The van der Waals surface area contributed by atoms with Crippen LogP contribution in [0.25, 0.3) is 11.2 Å². The molecule has 3 aromatic rings. The number of amides is 1. The first-order valence-electron chi connectivity index (χ1n) is 8.27. The Morgan fingerprint density at radius 3 is 2.77 bits per heavy atom. The summed E-state index contributed by atoms with van der Waals surface area (Å²) in [6, 6.07) is 7.11. The summed E-state index contributed by atoms with van der Waals surface area (Å²) >= 11 is 0. The zero-order valence-electron chi connectivity index (χ0n) is 14.2. The van der Waals surface area contributed by atoms with E-state index in [-0.39, 0.29) is 19.0 Å². The van der Waals surface area contributed by atoms with Gasteiger partial charge in [-0.1, -0.05) is 6.07 Å². The van der Waals surface area contributed by atoms with E-state index in [0.29, 0.717) is 24.6 Å². The second-order valence-corrected chi connectivity index (χ2v) is 6.29. The van der Waals surface area contributed by atoms with E-state index in [2.05, 4.69) is 9.97 Å². The molecule has 1 aliphatic rings. The Bertz CT molecular complexity index is 987. The van der Waals surface area contributed by atoms with Gasteiger partial charge in [-0.3, -0.25) is 9.36 Å². The molecule has 1 saturated heterocycles. The van der Waals surface area contributed by atoms with Crippen LogP contribution in [0.5, 0.6) is 0 Å². The number of halogens is 2. The van der Waals surface area contributed by atoms with Crippen LogP contribution in [0, 0.1) is 11.6 Å². The smallest absolute Gasteiger partial charge is 0.242 e. The Morgan fingerprint density at radius 1 is 1.19 bits per heavy atom. The van der Waals surface area contributed by atoms with Crippen molar-refractivity contribution < 1.29 is 13.6 Å². The summed E-state index contributed by atoms with van der Waals surface area (Å²) in [6.45, 7) is 1.29. The second-order valence-electron chi connectivity index (χ2n) is 6.29. The van der Waals surface area contributed by atoms with Crippen molar-refractivity contribution in [3.05, 3.63) is 53.7 Å². The quantitative estimate of drug-likeness (QED) is 0.720. The molecule has 2 aromatic heterocycles. The highest BCUT2D eigenvalue weighted by Gasteiger charge is 2.27. The molecule has 3 heterocycles. The molecular weight excluding hydrogens is 340 g/mol. The number of nitrogens with zero attached hydrogens (tertiary/aromatic N) is 5. The molecule has 0 unspecified atom stereocenters. The molecule has 1 fully saturated rings. The normalized spacial score (nSPS) is 15.1. The summed E-state index contributed by atoms with van der Waals surface area (Å²) < 4.78 is 28.7. The molecule has 0 aliphatic carbocycles. The van der Waals surface area contributed by atoms with Gasteiger partial charge in [-0.15, -0.1) is 0 Å². The van der Waals surface area contributed by atoms with Crippen molar-refractivity contribution >= 4 is 23.0 Å². The lowest BCUT2D eigenvalue weighted by Crippen LogP contribution is -2.50. The summed E-state index contributed by atoms with van der Waals surface area (Å²) in [7, 11) is 1.86. The number of anilines is 1. The van der Waals surface area contributed by atoms with Crippen LogP contribution >= 0.6 is 0 Å². The van der Waals surface area contributed by atoms with Crippen LogP contribution < -0.4 is 4.90 Å². The number of hydrogen-bond donors (Lipinski definition) is 0. The molecule has 26 heavy (non-hydrogen) atoms. The number of imidazole rings is 1. The molecular formula is C18H17F2N5O. The lowest BCUT2D eigenvalue weighted by Gasteiger charge is -2.34. The summed E-state index contributed by atoms with van der Waals surface area (Å²) in [5.74, 6) is -0.709. The molecule has 8 heteroatoms. The number of pyridine rings is 1. The fourth-order valence-electron chi connectivity index (χ4n) is 3.20. The summed E-state index contributed by atoms with van der Waals surface area (Å²) in [5, 5.41) is 0. The Balaban J connectivity index is 1.51. The summed E-state index contributed by atoms with van der Waals surface area (Å²) in [4.78, 5) is 24.9. The third-order valence-corrected chi connectivity index (χ3v) is 4.58. The van der Waals surface area contributed by atoms with Crippen LogP contribution in [0.4, 0.5) is 14.7 Å². The number of carbonyl (C=O) groups excluding carboxylic acids is 1. The zero-order valence-corrected chi connectivity index (χ0v) is 14.2. The van der Waals surface area contributed by atoms with Crippen LogP contribution in [0.3, 0.4) is 0 Å². The Morgan fingerprint density at radius 2 is 2.04 bits per heavy atom. The molecule has 0 bridgehead atoms. The third kappa shape index (κ3) is 2.87. The number of piperazine rings is 1. The maximum absolute atomic E-state index is 13.8. The van der Waals surface area contributed by atoms with Crippen LogP contribution in [0.2, 0.25) is 0 Å². The number of benzene rings is 1. The lowest BCUT2D eigenvalue weighted by molar-refractivity contribution is -0.131. The number of fused-ring (bicyclic) bond motifs is 1. The highest BCUT2D eigenvalue weighted by molar-refractivity contribution is 5.83. The number of carbonyl (C=O) groups is 1.